The molecule has 1 unspecified atom stereocenters. The van der Waals surface area contributed by atoms with Crippen LogP contribution in [0.5, 0.6) is 5.75 Å². The van der Waals surface area contributed by atoms with Crippen LogP contribution in [0.4, 0.5) is 5.69 Å². The molecule has 1 heterocycles. The van der Waals surface area contributed by atoms with Crippen LogP contribution in [0.25, 0.3) is 0 Å². The summed E-state index contributed by atoms with van der Waals surface area (Å²) in [6.45, 7) is 4.49. The Bertz CT molecular complexity index is 813. The summed E-state index contributed by atoms with van der Waals surface area (Å²) in [4.78, 5) is 15.7. The Morgan fingerprint density at radius 3 is 3.00 bits per heavy atom. The molecule has 1 atom stereocenters. The van der Waals surface area contributed by atoms with Gasteiger partial charge in [-0.2, -0.15) is 5.26 Å². The molecule has 0 fully saturated rings. The number of thioether (sulfide) groups is 1. The minimum absolute atomic E-state index is 0.0466. The number of nitriles is 1. The molecule has 3 rings (SSSR count). The summed E-state index contributed by atoms with van der Waals surface area (Å²) in [5.41, 5.74) is 2.53. The van der Waals surface area contributed by atoms with Crippen molar-refractivity contribution in [2.24, 2.45) is 0 Å². The lowest BCUT2D eigenvalue weighted by atomic mass is 10.1. The highest BCUT2D eigenvalue weighted by Gasteiger charge is 2.28. The predicted molar refractivity (Wildman–Crippen MR) is 95.7 cm³/mol. The van der Waals surface area contributed by atoms with Crippen molar-refractivity contribution in [1.82, 2.24) is 0 Å². The molecule has 0 aliphatic carbocycles. The van der Waals surface area contributed by atoms with Crippen LogP contribution in [0, 0.1) is 18.3 Å². The van der Waals surface area contributed by atoms with E-state index in [0.717, 1.165) is 21.9 Å². The second-order valence-electron chi connectivity index (χ2n) is 5.79. The van der Waals surface area contributed by atoms with Gasteiger partial charge in [-0.3, -0.25) is 4.79 Å². The third-order valence-electron chi connectivity index (χ3n) is 3.80. The lowest BCUT2D eigenvalue weighted by Gasteiger charge is -2.33. The maximum absolute atomic E-state index is 13.0. The van der Waals surface area contributed by atoms with Gasteiger partial charge >= 0.3 is 0 Å². The number of ether oxygens (including phenoxy) is 1. The monoisotopic (exact) mass is 338 g/mol. The van der Waals surface area contributed by atoms with Gasteiger partial charge in [0.05, 0.1) is 24.1 Å². The highest BCUT2D eigenvalue weighted by molar-refractivity contribution is 7.99. The maximum Gasteiger partial charge on any atom is 0.258 e. The van der Waals surface area contributed by atoms with Crippen LogP contribution in [0.2, 0.25) is 0 Å². The number of fused-ring (bicyclic) bond motifs is 1. The number of nitrogens with zero attached hydrogens (tertiary/aromatic N) is 2. The second-order valence-corrected chi connectivity index (χ2v) is 6.84. The van der Waals surface area contributed by atoms with E-state index in [1.807, 2.05) is 56.3 Å². The Balaban J connectivity index is 1.92. The van der Waals surface area contributed by atoms with Crippen LogP contribution in [0.3, 0.4) is 0 Å². The van der Waals surface area contributed by atoms with Gasteiger partial charge in [0, 0.05) is 10.5 Å². The standard InChI is InChI=1S/C19H18N2O2S/c1-13-6-7-17-18(10-13)23-14(2)12-21(17)19(22)15-4-3-5-16(11-15)24-9-8-20/h3-7,10-11,14H,9,12H2,1-2H3. The summed E-state index contributed by atoms with van der Waals surface area (Å²) in [5.74, 6) is 1.07. The fourth-order valence-corrected chi connectivity index (χ4v) is 3.35. The highest BCUT2D eigenvalue weighted by Crippen LogP contribution is 2.35. The first-order valence-electron chi connectivity index (χ1n) is 7.77. The minimum Gasteiger partial charge on any atom is -0.487 e. The van der Waals surface area contributed by atoms with Crippen molar-refractivity contribution in [3.05, 3.63) is 53.6 Å². The molecule has 2 aromatic carbocycles. The van der Waals surface area contributed by atoms with E-state index in [-0.39, 0.29) is 12.0 Å². The van der Waals surface area contributed by atoms with Crippen molar-refractivity contribution in [2.75, 3.05) is 17.2 Å². The van der Waals surface area contributed by atoms with Crippen molar-refractivity contribution in [3.8, 4) is 11.8 Å². The van der Waals surface area contributed by atoms with E-state index >= 15 is 0 Å². The van der Waals surface area contributed by atoms with Crippen LogP contribution in [0.1, 0.15) is 22.8 Å². The number of benzene rings is 2. The molecular weight excluding hydrogens is 320 g/mol. The second kappa shape index (κ2) is 6.98. The van der Waals surface area contributed by atoms with Crippen molar-refractivity contribution in [3.63, 3.8) is 0 Å². The number of hydrogen-bond acceptors (Lipinski definition) is 4. The molecule has 0 saturated heterocycles. The Morgan fingerprint density at radius 1 is 1.38 bits per heavy atom. The van der Waals surface area contributed by atoms with Crippen LogP contribution in [0.15, 0.2) is 47.4 Å². The predicted octanol–water partition coefficient (Wildman–Crippen LogP) is 4.04. The number of hydrogen-bond donors (Lipinski definition) is 0. The van der Waals surface area contributed by atoms with Crippen molar-refractivity contribution >= 4 is 23.4 Å². The molecule has 0 bridgehead atoms. The lowest BCUT2D eigenvalue weighted by Crippen LogP contribution is -2.42. The number of anilines is 1. The normalized spacial score (nSPS) is 16.0. The lowest BCUT2D eigenvalue weighted by molar-refractivity contribution is 0.0961. The first-order valence-corrected chi connectivity index (χ1v) is 8.76. The molecule has 0 radical (unpaired) electrons. The fraction of sp³-hybridized carbons (Fsp3) is 0.263. The molecule has 2 aromatic rings. The van der Waals surface area contributed by atoms with Gasteiger partial charge in [0.25, 0.3) is 5.91 Å². The molecule has 1 aliphatic rings. The van der Waals surface area contributed by atoms with Crippen LogP contribution in [-0.4, -0.2) is 24.3 Å². The molecule has 1 aliphatic heterocycles. The largest absolute Gasteiger partial charge is 0.487 e. The van der Waals surface area contributed by atoms with Crippen molar-refractivity contribution in [2.45, 2.75) is 24.8 Å². The van der Waals surface area contributed by atoms with Crippen molar-refractivity contribution in [1.29, 1.82) is 5.26 Å². The fourth-order valence-electron chi connectivity index (χ4n) is 2.73. The summed E-state index contributed by atoms with van der Waals surface area (Å²) in [6, 6.07) is 15.4. The van der Waals surface area contributed by atoms with Gasteiger partial charge in [0.1, 0.15) is 11.9 Å². The van der Waals surface area contributed by atoms with Gasteiger partial charge in [-0.1, -0.05) is 12.1 Å². The van der Waals surface area contributed by atoms with Gasteiger partial charge in [-0.25, -0.2) is 0 Å². The third kappa shape index (κ3) is 3.39. The zero-order chi connectivity index (χ0) is 17.1. The SMILES string of the molecule is Cc1ccc2c(c1)OC(C)CN2C(=O)c1cccc(SCC#N)c1. The topological polar surface area (TPSA) is 53.3 Å². The number of rotatable bonds is 3. The number of carbonyl (C=O) groups is 1. The van der Waals surface area contributed by atoms with E-state index < -0.39 is 0 Å². The van der Waals surface area contributed by atoms with E-state index in [2.05, 4.69) is 6.07 Å². The molecule has 0 N–H and O–H groups in total. The third-order valence-corrected chi connectivity index (χ3v) is 4.66. The number of aryl methyl sites for hydroxylation is 1. The van der Waals surface area contributed by atoms with Gasteiger partial charge in [-0.15, -0.1) is 11.8 Å². The quantitative estimate of drug-likeness (QED) is 0.793. The molecule has 122 valence electrons. The van der Waals surface area contributed by atoms with E-state index in [1.54, 1.807) is 4.90 Å². The van der Waals surface area contributed by atoms with Crippen LogP contribution >= 0.6 is 11.8 Å². The van der Waals surface area contributed by atoms with E-state index in [0.29, 0.717) is 17.9 Å². The van der Waals surface area contributed by atoms with Crippen molar-refractivity contribution < 1.29 is 9.53 Å². The zero-order valence-corrected chi connectivity index (χ0v) is 14.5. The average Bonchev–Trinajstić information content (AvgIpc) is 2.58. The molecular formula is C19H18N2O2S. The molecule has 4 nitrogen and oxygen atoms in total. The molecule has 0 spiro atoms. The Kier molecular flexibility index (Phi) is 4.77. The minimum atomic E-state index is -0.0561. The zero-order valence-electron chi connectivity index (χ0n) is 13.7. The molecule has 0 saturated carbocycles. The summed E-state index contributed by atoms with van der Waals surface area (Å²) in [7, 11) is 0. The summed E-state index contributed by atoms with van der Waals surface area (Å²) >= 11 is 1.43. The first-order chi connectivity index (χ1) is 11.6. The van der Waals surface area contributed by atoms with Crippen LogP contribution < -0.4 is 9.64 Å². The van der Waals surface area contributed by atoms with Crippen LogP contribution in [-0.2, 0) is 0 Å². The smallest absolute Gasteiger partial charge is 0.258 e. The van der Waals surface area contributed by atoms with Gasteiger partial charge in [0.15, 0.2) is 0 Å². The van der Waals surface area contributed by atoms with Gasteiger partial charge < -0.3 is 9.64 Å². The Labute approximate surface area is 146 Å². The molecule has 1 amide bonds. The van der Waals surface area contributed by atoms with Gasteiger partial charge in [0.2, 0.25) is 0 Å². The average molecular weight is 338 g/mol. The van der Waals surface area contributed by atoms with E-state index in [4.69, 9.17) is 10.00 Å². The first kappa shape index (κ1) is 16.4. The molecule has 0 aromatic heterocycles. The molecule has 24 heavy (non-hydrogen) atoms. The Morgan fingerprint density at radius 2 is 2.21 bits per heavy atom. The summed E-state index contributed by atoms with van der Waals surface area (Å²) in [6.07, 6.45) is -0.0561. The number of carbonyl (C=O) groups excluding carboxylic acids is 1. The maximum atomic E-state index is 13.0. The highest BCUT2D eigenvalue weighted by atomic mass is 32.2. The van der Waals surface area contributed by atoms with E-state index in [1.165, 1.54) is 11.8 Å². The number of amides is 1. The summed E-state index contributed by atoms with van der Waals surface area (Å²) in [5, 5.41) is 8.71. The van der Waals surface area contributed by atoms with E-state index in [9.17, 15) is 4.79 Å². The van der Waals surface area contributed by atoms with Gasteiger partial charge in [-0.05, 0) is 49.7 Å². The summed E-state index contributed by atoms with van der Waals surface area (Å²) < 4.78 is 5.87. The molecule has 5 heteroatoms. The Hall–Kier alpha value is -2.45.